The molecule has 0 bridgehead atoms. The Morgan fingerprint density at radius 3 is 2.44 bits per heavy atom. The van der Waals surface area contributed by atoms with E-state index in [0.29, 0.717) is 18.1 Å². The predicted octanol–water partition coefficient (Wildman–Crippen LogP) is 2.50. The van der Waals surface area contributed by atoms with Crippen molar-refractivity contribution in [3.8, 4) is 11.5 Å². The van der Waals surface area contributed by atoms with E-state index in [-0.39, 0.29) is 16.5 Å². The summed E-state index contributed by atoms with van der Waals surface area (Å²) < 4.78 is 43.1. The Morgan fingerprint density at radius 1 is 1.04 bits per heavy atom. The third-order valence-electron chi connectivity index (χ3n) is 3.59. The number of nitrogens with one attached hydrogen (secondary N) is 2. The van der Waals surface area contributed by atoms with Crippen LogP contribution in [0.4, 0.5) is 11.6 Å². The van der Waals surface area contributed by atoms with E-state index in [1.807, 2.05) is 6.07 Å². The first-order valence-electron chi connectivity index (χ1n) is 7.86. The molecule has 142 valence electrons. The molecule has 0 amide bonds. The lowest BCUT2D eigenvalue weighted by Gasteiger charge is -2.12. The molecule has 27 heavy (non-hydrogen) atoms. The van der Waals surface area contributed by atoms with Gasteiger partial charge in [-0.2, -0.15) is 0 Å². The molecule has 0 aliphatic rings. The van der Waals surface area contributed by atoms with Gasteiger partial charge in [-0.1, -0.05) is 0 Å². The van der Waals surface area contributed by atoms with Gasteiger partial charge >= 0.3 is 0 Å². The first-order chi connectivity index (χ1) is 13.0. The first-order valence-corrected chi connectivity index (χ1v) is 9.35. The lowest BCUT2D eigenvalue weighted by molar-refractivity contribution is 0.392. The van der Waals surface area contributed by atoms with Gasteiger partial charge in [0.2, 0.25) is 0 Å². The lowest BCUT2D eigenvalue weighted by atomic mass is 10.3. The number of hydrogen-bond acceptors (Lipinski definition) is 8. The van der Waals surface area contributed by atoms with Crippen LogP contribution in [0.3, 0.4) is 0 Å². The van der Waals surface area contributed by atoms with Gasteiger partial charge in [0.15, 0.2) is 5.82 Å². The van der Waals surface area contributed by atoms with Gasteiger partial charge < -0.3 is 19.2 Å². The van der Waals surface area contributed by atoms with E-state index in [4.69, 9.17) is 13.9 Å². The largest absolute Gasteiger partial charge is 0.497 e. The second-order valence-corrected chi connectivity index (χ2v) is 7.01. The van der Waals surface area contributed by atoms with Crippen LogP contribution in [0, 0.1) is 0 Å². The number of nitrogens with zero attached hydrogens (tertiary/aromatic N) is 2. The van der Waals surface area contributed by atoms with Gasteiger partial charge in [-0.05, 0) is 36.4 Å². The van der Waals surface area contributed by atoms with E-state index >= 15 is 0 Å². The summed E-state index contributed by atoms with van der Waals surface area (Å²) in [5.74, 6) is 1.87. The zero-order valence-electron chi connectivity index (χ0n) is 14.7. The third-order valence-corrected chi connectivity index (χ3v) is 4.96. The molecule has 0 unspecified atom stereocenters. The molecule has 2 N–H and O–H groups in total. The average Bonchev–Trinajstić information content (AvgIpc) is 3.20. The van der Waals surface area contributed by atoms with Gasteiger partial charge in [0, 0.05) is 6.07 Å². The van der Waals surface area contributed by atoms with Crippen molar-refractivity contribution < 1.29 is 22.3 Å². The summed E-state index contributed by atoms with van der Waals surface area (Å²) in [5, 5.41) is 10.8. The molecule has 3 rings (SSSR count). The van der Waals surface area contributed by atoms with Crippen LogP contribution < -0.4 is 19.5 Å². The number of aromatic nitrogens is 2. The highest BCUT2D eigenvalue weighted by Crippen LogP contribution is 2.29. The molecule has 10 heteroatoms. The third kappa shape index (κ3) is 4.47. The van der Waals surface area contributed by atoms with Crippen LogP contribution in [0.2, 0.25) is 0 Å². The zero-order valence-corrected chi connectivity index (χ0v) is 15.5. The Morgan fingerprint density at radius 2 is 1.81 bits per heavy atom. The van der Waals surface area contributed by atoms with Gasteiger partial charge in [-0.3, -0.25) is 4.72 Å². The highest BCUT2D eigenvalue weighted by Gasteiger charge is 2.21. The van der Waals surface area contributed by atoms with Gasteiger partial charge in [0.05, 0.1) is 27.0 Å². The molecule has 0 atom stereocenters. The molecule has 3 aromatic rings. The number of methoxy groups -OCH3 is 2. The van der Waals surface area contributed by atoms with Gasteiger partial charge in [0.1, 0.15) is 28.0 Å². The van der Waals surface area contributed by atoms with Crippen LogP contribution in [-0.4, -0.2) is 32.8 Å². The predicted molar refractivity (Wildman–Crippen MR) is 98.4 cm³/mol. The molecular weight excluding hydrogens is 372 g/mol. The highest BCUT2D eigenvalue weighted by atomic mass is 32.2. The SMILES string of the molecule is COc1ccc(OC)c(S(=O)(=O)Nc2ccc(NCc3ccco3)nn2)c1. The van der Waals surface area contributed by atoms with E-state index in [1.165, 1.54) is 32.4 Å². The average molecular weight is 390 g/mol. The topological polar surface area (TPSA) is 116 Å². The quantitative estimate of drug-likeness (QED) is 0.603. The smallest absolute Gasteiger partial charge is 0.266 e. The molecule has 0 radical (unpaired) electrons. The van der Waals surface area contributed by atoms with Crippen molar-refractivity contribution in [3.05, 3.63) is 54.5 Å². The van der Waals surface area contributed by atoms with E-state index < -0.39 is 10.0 Å². The number of anilines is 2. The van der Waals surface area contributed by atoms with Crippen molar-refractivity contribution in [2.75, 3.05) is 24.3 Å². The normalized spacial score (nSPS) is 11.0. The van der Waals surface area contributed by atoms with Crippen molar-refractivity contribution in [1.82, 2.24) is 10.2 Å². The van der Waals surface area contributed by atoms with Crippen LogP contribution in [0.15, 0.2) is 58.0 Å². The molecule has 0 fully saturated rings. The summed E-state index contributed by atoms with van der Waals surface area (Å²) in [5.41, 5.74) is 0. The maximum Gasteiger partial charge on any atom is 0.266 e. The van der Waals surface area contributed by atoms with Crippen molar-refractivity contribution in [2.24, 2.45) is 0 Å². The van der Waals surface area contributed by atoms with Crippen LogP contribution in [-0.2, 0) is 16.6 Å². The van der Waals surface area contributed by atoms with E-state index in [2.05, 4.69) is 20.2 Å². The van der Waals surface area contributed by atoms with Crippen LogP contribution in [0.25, 0.3) is 0 Å². The van der Waals surface area contributed by atoms with E-state index in [1.54, 1.807) is 24.5 Å². The highest BCUT2D eigenvalue weighted by molar-refractivity contribution is 7.92. The molecule has 2 heterocycles. The summed E-state index contributed by atoms with van der Waals surface area (Å²) in [6.07, 6.45) is 1.58. The van der Waals surface area contributed by atoms with Crippen molar-refractivity contribution in [3.63, 3.8) is 0 Å². The van der Waals surface area contributed by atoms with E-state index in [9.17, 15) is 8.42 Å². The minimum absolute atomic E-state index is 0.0637. The fourth-order valence-electron chi connectivity index (χ4n) is 2.26. The molecule has 0 spiro atoms. The Balaban J connectivity index is 1.74. The lowest BCUT2D eigenvalue weighted by Crippen LogP contribution is -2.15. The Labute approximate surface area is 156 Å². The Hall–Kier alpha value is -3.27. The maximum atomic E-state index is 12.7. The molecule has 0 aliphatic heterocycles. The summed E-state index contributed by atoms with van der Waals surface area (Å²) in [4.78, 5) is -0.0637. The second-order valence-electron chi connectivity index (χ2n) is 5.36. The minimum Gasteiger partial charge on any atom is -0.497 e. The summed E-state index contributed by atoms with van der Waals surface area (Å²) in [6.45, 7) is 0.438. The van der Waals surface area contributed by atoms with Crippen molar-refractivity contribution >= 4 is 21.7 Å². The van der Waals surface area contributed by atoms with Gasteiger partial charge in [-0.15, -0.1) is 10.2 Å². The maximum absolute atomic E-state index is 12.7. The van der Waals surface area contributed by atoms with Crippen molar-refractivity contribution in [1.29, 1.82) is 0 Å². The molecule has 0 saturated heterocycles. The summed E-state index contributed by atoms with van der Waals surface area (Å²) in [6, 6.07) is 11.2. The standard InChI is InChI=1S/C17H18N4O5S/c1-24-12-5-6-14(25-2)15(10-12)27(22,23)21-17-8-7-16(19-20-17)18-11-13-4-3-9-26-13/h3-10H,11H2,1-2H3,(H,18,19)(H,20,21). The molecule has 1 aromatic carbocycles. The van der Waals surface area contributed by atoms with Crippen LogP contribution in [0.5, 0.6) is 11.5 Å². The van der Waals surface area contributed by atoms with Gasteiger partial charge in [-0.25, -0.2) is 8.42 Å². The second kappa shape index (κ2) is 7.96. The number of furan rings is 1. The van der Waals surface area contributed by atoms with E-state index in [0.717, 1.165) is 5.76 Å². The zero-order chi connectivity index (χ0) is 19.3. The monoisotopic (exact) mass is 390 g/mol. The number of sulfonamides is 1. The molecule has 2 aromatic heterocycles. The minimum atomic E-state index is -3.94. The fraction of sp³-hybridized carbons (Fsp3) is 0.176. The van der Waals surface area contributed by atoms with Gasteiger partial charge in [0.25, 0.3) is 10.0 Å². The number of ether oxygens (including phenoxy) is 2. The van der Waals surface area contributed by atoms with Crippen molar-refractivity contribution in [2.45, 2.75) is 11.4 Å². The molecule has 0 aliphatic carbocycles. The Kier molecular flexibility index (Phi) is 5.46. The van der Waals surface area contributed by atoms with Crippen LogP contribution in [0.1, 0.15) is 5.76 Å². The summed E-state index contributed by atoms with van der Waals surface area (Å²) in [7, 11) is -1.10. The molecule has 0 saturated carbocycles. The Bertz CT molecular complexity index is 989. The summed E-state index contributed by atoms with van der Waals surface area (Å²) >= 11 is 0. The number of hydrogen-bond donors (Lipinski definition) is 2. The number of benzene rings is 1. The molecule has 9 nitrogen and oxygen atoms in total. The van der Waals surface area contributed by atoms with Crippen LogP contribution >= 0.6 is 0 Å². The first kappa shape index (κ1) is 18.5. The number of rotatable bonds is 8. The molecular formula is C17H18N4O5S. The fourth-order valence-corrected chi connectivity index (χ4v) is 3.44.